The van der Waals surface area contributed by atoms with Gasteiger partial charge in [0.2, 0.25) is 5.95 Å². The summed E-state index contributed by atoms with van der Waals surface area (Å²) in [6.45, 7) is 0. The normalized spacial score (nSPS) is 10.0. The van der Waals surface area contributed by atoms with Crippen molar-refractivity contribution in [3.8, 4) is 0 Å². The number of aromatic nitrogens is 2. The van der Waals surface area contributed by atoms with Crippen LogP contribution in [-0.2, 0) is 0 Å². The molecule has 0 aliphatic heterocycles. The van der Waals surface area contributed by atoms with E-state index in [4.69, 9.17) is 0 Å². The van der Waals surface area contributed by atoms with Crippen LogP contribution in [0.1, 0.15) is 10.4 Å². The SMILES string of the molecule is O=C(Nc1ncccn1)c1cccc(Br)c1F. The number of carbonyl (C=O) groups is 1. The fourth-order valence-corrected chi connectivity index (χ4v) is 1.58. The van der Waals surface area contributed by atoms with E-state index in [1.54, 1.807) is 12.1 Å². The number of nitrogens with one attached hydrogen (secondary N) is 1. The van der Waals surface area contributed by atoms with E-state index >= 15 is 0 Å². The second-order valence-electron chi connectivity index (χ2n) is 3.13. The Balaban J connectivity index is 2.24. The topological polar surface area (TPSA) is 54.9 Å². The highest BCUT2D eigenvalue weighted by atomic mass is 79.9. The van der Waals surface area contributed by atoms with E-state index in [1.165, 1.54) is 24.5 Å². The maximum atomic E-state index is 13.6. The molecule has 1 amide bonds. The first kappa shape index (κ1) is 11.7. The average Bonchev–Trinajstić information content (AvgIpc) is 2.34. The Hall–Kier alpha value is -1.82. The second-order valence-corrected chi connectivity index (χ2v) is 3.98. The lowest BCUT2D eigenvalue weighted by molar-refractivity contribution is 0.102. The minimum atomic E-state index is -0.610. The predicted octanol–water partition coefficient (Wildman–Crippen LogP) is 2.63. The van der Waals surface area contributed by atoms with Gasteiger partial charge < -0.3 is 0 Å². The van der Waals surface area contributed by atoms with Gasteiger partial charge in [0.15, 0.2) is 0 Å². The lowest BCUT2D eigenvalue weighted by Gasteiger charge is -2.04. The first-order valence-corrected chi connectivity index (χ1v) is 5.50. The number of rotatable bonds is 2. The highest BCUT2D eigenvalue weighted by molar-refractivity contribution is 9.10. The molecule has 0 saturated heterocycles. The van der Waals surface area contributed by atoms with E-state index in [9.17, 15) is 9.18 Å². The Bertz CT molecular complexity index is 548. The summed E-state index contributed by atoms with van der Waals surface area (Å²) in [6.07, 6.45) is 2.97. The number of nitrogens with zero attached hydrogens (tertiary/aromatic N) is 2. The van der Waals surface area contributed by atoms with E-state index in [2.05, 4.69) is 31.2 Å². The quantitative estimate of drug-likeness (QED) is 0.927. The monoisotopic (exact) mass is 295 g/mol. The minimum Gasteiger partial charge on any atom is -0.290 e. The van der Waals surface area contributed by atoms with E-state index in [0.29, 0.717) is 0 Å². The second kappa shape index (κ2) is 5.01. The highest BCUT2D eigenvalue weighted by Gasteiger charge is 2.14. The van der Waals surface area contributed by atoms with Crippen molar-refractivity contribution in [2.75, 3.05) is 5.32 Å². The Morgan fingerprint density at radius 1 is 1.24 bits per heavy atom. The van der Waals surface area contributed by atoms with Gasteiger partial charge in [0.1, 0.15) is 5.82 Å². The fourth-order valence-electron chi connectivity index (χ4n) is 1.21. The van der Waals surface area contributed by atoms with E-state index in [1.807, 2.05) is 0 Å². The van der Waals surface area contributed by atoms with Crippen molar-refractivity contribution in [2.24, 2.45) is 0 Å². The maximum absolute atomic E-state index is 13.6. The summed E-state index contributed by atoms with van der Waals surface area (Å²) in [5.41, 5.74) is -0.0631. The van der Waals surface area contributed by atoms with Gasteiger partial charge in [0, 0.05) is 12.4 Å². The number of hydrogen-bond donors (Lipinski definition) is 1. The highest BCUT2D eigenvalue weighted by Crippen LogP contribution is 2.19. The number of anilines is 1. The fraction of sp³-hybridized carbons (Fsp3) is 0. The Labute approximate surface area is 105 Å². The van der Waals surface area contributed by atoms with Gasteiger partial charge in [0.05, 0.1) is 10.0 Å². The van der Waals surface area contributed by atoms with Gasteiger partial charge in [-0.05, 0) is 34.1 Å². The largest absolute Gasteiger partial charge is 0.290 e. The van der Waals surface area contributed by atoms with Crippen molar-refractivity contribution in [2.45, 2.75) is 0 Å². The van der Waals surface area contributed by atoms with Crippen LogP contribution >= 0.6 is 15.9 Å². The molecule has 0 spiro atoms. The number of hydrogen-bond acceptors (Lipinski definition) is 3. The molecule has 0 aliphatic rings. The molecule has 86 valence electrons. The number of halogens is 2. The number of carbonyl (C=O) groups excluding carboxylic acids is 1. The summed E-state index contributed by atoms with van der Waals surface area (Å²) in [4.78, 5) is 19.4. The van der Waals surface area contributed by atoms with E-state index in [-0.39, 0.29) is 16.0 Å². The molecule has 2 rings (SSSR count). The summed E-state index contributed by atoms with van der Waals surface area (Å²) in [7, 11) is 0. The lowest BCUT2D eigenvalue weighted by Crippen LogP contribution is -2.15. The molecule has 0 radical (unpaired) electrons. The molecule has 17 heavy (non-hydrogen) atoms. The third kappa shape index (κ3) is 2.65. The maximum Gasteiger partial charge on any atom is 0.261 e. The van der Waals surface area contributed by atoms with Gasteiger partial charge in [0.25, 0.3) is 5.91 Å². The first-order chi connectivity index (χ1) is 8.18. The third-order valence-corrected chi connectivity index (χ3v) is 2.60. The van der Waals surface area contributed by atoms with E-state index < -0.39 is 11.7 Å². The molecular formula is C11H7BrFN3O. The zero-order valence-corrected chi connectivity index (χ0v) is 10.1. The summed E-state index contributed by atoms with van der Waals surface area (Å²) in [5.74, 6) is -1.06. The lowest BCUT2D eigenvalue weighted by atomic mass is 10.2. The van der Waals surface area contributed by atoms with E-state index in [0.717, 1.165) is 0 Å². The predicted molar refractivity (Wildman–Crippen MR) is 64.1 cm³/mol. The molecule has 0 atom stereocenters. The van der Waals surface area contributed by atoms with Crippen molar-refractivity contribution in [3.05, 3.63) is 52.5 Å². The van der Waals surface area contributed by atoms with Crippen LogP contribution in [0.5, 0.6) is 0 Å². The Morgan fingerprint density at radius 2 is 1.94 bits per heavy atom. The summed E-state index contributed by atoms with van der Waals surface area (Å²) in [5, 5.41) is 2.40. The average molecular weight is 296 g/mol. The summed E-state index contributed by atoms with van der Waals surface area (Å²) < 4.78 is 13.8. The molecule has 1 aromatic heterocycles. The number of amides is 1. The molecule has 1 heterocycles. The van der Waals surface area contributed by atoms with Crippen LogP contribution in [0.25, 0.3) is 0 Å². The zero-order valence-electron chi connectivity index (χ0n) is 8.52. The molecule has 0 saturated carbocycles. The van der Waals surface area contributed by atoms with Gasteiger partial charge >= 0.3 is 0 Å². The van der Waals surface area contributed by atoms with Gasteiger partial charge in [-0.15, -0.1) is 0 Å². The molecule has 1 aromatic carbocycles. The van der Waals surface area contributed by atoms with Crippen LogP contribution in [0.4, 0.5) is 10.3 Å². The number of benzene rings is 1. The van der Waals surface area contributed by atoms with Crippen LogP contribution in [0, 0.1) is 5.82 Å². The zero-order chi connectivity index (χ0) is 12.3. The van der Waals surface area contributed by atoms with Gasteiger partial charge in [-0.25, -0.2) is 14.4 Å². The standard InChI is InChI=1S/C11H7BrFN3O/c12-8-4-1-3-7(9(8)13)10(17)16-11-14-5-2-6-15-11/h1-6H,(H,14,15,16,17). The molecule has 0 aliphatic carbocycles. The van der Waals surface area contributed by atoms with Gasteiger partial charge in [-0.1, -0.05) is 6.07 Å². The van der Waals surface area contributed by atoms with Crippen molar-refractivity contribution >= 4 is 27.8 Å². The smallest absolute Gasteiger partial charge is 0.261 e. The summed E-state index contributed by atoms with van der Waals surface area (Å²) >= 11 is 3.01. The molecule has 0 fully saturated rings. The molecule has 6 heteroatoms. The molecule has 0 bridgehead atoms. The molecule has 2 aromatic rings. The Morgan fingerprint density at radius 3 is 2.65 bits per heavy atom. The van der Waals surface area contributed by atoms with Crippen LogP contribution in [0.3, 0.4) is 0 Å². The third-order valence-electron chi connectivity index (χ3n) is 1.99. The van der Waals surface area contributed by atoms with Gasteiger partial charge in [-0.3, -0.25) is 10.1 Å². The van der Waals surface area contributed by atoms with Crippen LogP contribution < -0.4 is 5.32 Å². The van der Waals surface area contributed by atoms with Crippen molar-refractivity contribution in [3.63, 3.8) is 0 Å². The van der Waals surface area contributed by atoms with Gasteiger partial charge in [-0.2, -0.15) is 0 Å². The first-order valence-electron chi connectivity index (χ1n) is 4.71. The molecule has 0 unspecified atom stereocenters. The van der Waals surface area contributed by atoms with Crippen molar-refractivity contribution in [1.29, 1.82) is 0 Å². The molecule has 4 nitrogen and oxygen atoms in total. The van der Waals surface area contributed by atoms with Crippen LogP contribution in [0.2, 0.25) is 0 Å². The molecule has 1 N–H and O–H groups in total. The van der Waals surface area contributed by atoms with Crippen molar-refractivity contribution in [1.82, 2.24) is 9.97 Å². The summed E-state index contributed by atoms with van der Waals surface area (Å²) in [6, 6.07) is 6.10. The van der Waals surface area contributed by atoms with Crippen LogP contribution in [0.15, 0.2) is 41.1 Å². The van der Waals surface area contributed by atoms with Crippen LogP contribution in [-0.4, -0.2) is 15.9 Å². The Kier molecular flexibility index (Phi) is 3.43. The molecular weight excluding hydrogens is 289 g/mol. The minimum absolute atomic E-state index is 0.0631. The van der Waals surface area contributed by atoms with Crippen molar-refractivity contribution < 1.29 is 9.18 Å².